The maximum atomic E-state index is 11.4. The van der Waals surface area contributed by atoms with Crippen molar-refractivity contribution in [2.24, 2.45) is 5.41 Å². The number of hydrogen-bond acceptors (Lipinski definition) is 2. The highest BCUT2D eigenvalue weighted by Crippen LogP contribution is 2.28. The topological polar surface area (TPSA) is 40.5 Å². The van der Waals surface area contributed by atoms with E-state index in [4.69, 9.17) is 5.11 Å². The summed E-state index contributed by atoms with van der Waals surface area (Å²) in [7, 11) is 0. The van der Waals surface area contributed by atoms with Crippen LogP contribution in [0.25, 0.3) is 0 Å². The Morgan fingerprint density at radius 3 is 2.85 bits per heavy atom. The van der Waals surface area contributed by atoms with Crippen LogP contribution >= 0.6 is 0 Å². The first kappa shape index (κ1) is 10.3. The largest absolute Gasteiger partial charge is 0.396 e. The number of likely N-dealkylation sites (tertiary alicyclic amines) is 1. The van der Waals surface area contributed by atoms with Crippen molar-refractivity contribution in [1.29, 1.82) is 0 Å². The van der Waals surface area contributed by atoms with Crippen molar-refractivity contribution >= 4 is 5.91 Å². The van der Waals surface area contributed by atoms with E-state index < -0.39 is 0 Å². The van der Waals surface area contributed by atoms with Crippen LogP contribution in [0.1, 0.15) is 20.3 Å². The molecule has 0 bridgehead atoms. The molecule has 3 heteroatoms. The first-order valence-electron chi connectivity index (χ1n) is 4.64. The molecule has 0 aromatic rings. The Hall–Kier alpha value is -0.830. The molecule has 1 rings (SSSR count). The molecule has 1 fully saturated rings. The van der Waals surface area contributed by atoms with Gasteiger partial charge in [0, 0.05) is 18.5 Å². The van der Waals surface area contributed by atoms with Gasteiger partial charge in [0.1, 0.15) is 0 Å². The van der Waals surface area contributed by atoms with Crippen LogP contribution in [0.4, 0.5) is 0 Å². The van der Waals surface area contributed by atoms with E-state index in [1.807, 2.05) is 13.8 Å². The smallest absolute Gasteiger partial charge is 0.246 e. The number of carbonyl (C=O) groups is 1. The Kier molecular flexibility index (Phi) is 3.09. The van der Waals surface area contributed by atoms with Crippen molar-refractivity contribution in [3.63, 3.8) is 0 Å². The van der Waals surface area contributed by atoms with Gasteiger partial charge < -0.3 is 10.0 Å². The third kappa shape index (κ3) is 2.31. The standard InChI is InChI=1S/C10H17NO2/c1-3-4-9(13)11-6-5-10(2,7-11)8-12/h3-4,12H,5-8H2,1-2H3/b4-3+. The normalized spacial score (nSPS) is 28.7. The fourth-order valence-corrected chi connectivity index (χ4v) is 1.59. The molecule has 0 saturated carbocycles. The summed E-state index contributed by atoms with van der Waals surface area (Å²) in [4.78, 5) is 13.2. The quantitative estimate of drug-likeness (QED) is 0.643. The molecule has 1 unspecified atom stereocenters. The van der Waals surface area contributed by atoms with Gasteiger partial charge in [0.25, 0.3) is 0 Å². The predicted octanol–water partition coefficient (Wildman–Crippen LogP) is 0.793. The van der Waals surface area contributed by atoms with Crippen LogP contribution in [-0.2, 0) is 4.79 Å². The first-order chi connectivity index (χ1) is 6.11. The Bertz CT molecular complexity index is 225. The molecule has 1 atom stereocenters. The third-order valence-corrected chi connectivity index (χ3v) is 2.56. The number of hydrogen-bond donors (Lipinski definition) is 1. The molecule has 1 N–H and O–H groups in total. The second-order valence-electron chi connectivity index (χ2n) is 3.98. The van der Waals surface area contributed by atoms with Gasteiger partial charge in [-0.2, -0.15) is 0 Å². The van der Waals surface area contributed by atoms with Gasteiger partial charge >= 0.3 is 0 Å². The minimum absolute atomic E-state index is 0.0553. The number of aliphatic hydroxyl groups is 1. The zero-order valence-electron chi connectivity index (χ0n) is 8.29. The van der Waals surface area contributed by atoms with E-state index in [9.17, 15) is 4.79 Å². The van der Waals surface area contributed by atoms with Gasteiger partial charge in [-0.1, -0.05) is 13.0 Å². The Balaban J connectivity index is 2.54. The SMILES string of the molecule is C/C=C/C(=O)N1CCC(C)(CO)C1. The van der Waals surface area contributed by atoms with Gasteiger partial charge in [0.05, 0.1) is 6.61 Å². The average molecular weight is 183 g/mol. The lowest BCUT2D eigenvalue weighted by atomic mass is 9.91. The fourth-order valence-electron chi connectivity index (χ4n) is 1.59. The minimum atomic E-state index is -0.0861. The summed E-state index contributed by atoms with van der Waals surface area (Å²) < 4.78 is 0. The number of amides is 1. The van der Waals surface area contributed by atoms with Gasteiger partial charge in [0.2, 0.25) is 5.91 Å². The van der Waals surface area contributed by atoms with E-state index >= 15 is 0 Å². The van der Waals surface area contributed by atoms with Crippen molar-refractivity contribution < 1.29 is 9.90 Å². The van der Waals surface area contributed by atoms with Crippen molar-refractivity contribution in [2.75, 3.05) is 19.7 Å². The molecular weight excluding hydrogens is 166 g/mol. The molecule has 0 aliphatic carbocycles. The highest BCUT2D eigenvalue weighted by atomic mass is 16.3. The molecule has 1 saturated heterocycles. The van der Waals surface area contributed by atoms with Gasteiger partial charge in [-0.25, -0.2) is 0 Å². The Morgan fingerprint density at radius 1 is 1.69 bits per heavy atom. The van der Waals surface area contributed by atoms with Crippen LogP contribution in [-0.4, -0.2) is 35.6 Å². The number of carbonyl (C=O) groups excluding carboxylic acids is 1. The summed E-state index contributed by atoms with van der Waals surface area (Å²) in [5, 5.41) is 9.10. The van der Waals surface area contributed by atoms with E-state index in [0.717, 1.165) is 13.0 Å². The van der Waals surface area contributed by atoms with Crippen LogP contribution in [0.5, 0.6) is 0 Å². The molecule has 0 aromatic carbocycles. The zero-order valence-corrected chi connectivity index (χ0v) is 8.29. The maximum absolute atomic E-state index is 11.4. The molecule has 74 valence electrons. The number of allylic oxidation sites excluding steroid dienone is 1. The van der Waals surface area contributed by atoms with Gasteiger partial charge in [0.15, 0.2) is 0 Å². The van der Waals surface area contributed by atoms with E-state index in [1.54, 1.807) is 17.1 Å². The van der Waals surface area contributed by atoms with Gasteiger partial charge in [-0.15, -0.1) is 0 Å². The summed E-state index contributed by atoms with van der Waals surface area (Å²) in [6.07, 6.45) is 4.22. The lowest BCUT2D eigenvalue weighted by Gasteiger charge is -2.20. The molecule has 1 aliphatic rings. The molecule has 1 aliphatic heterocycles. The van der Waals surface area contributed by atoms with E-state index in [2.05, 4.69) is 0 Å². The molecule has 0 radical (unpaired) electrons. The van der Waals surface area contributed by atoms with E-state index in [1.165, 1.54) is 0 Å². The van der Waals surface area contributed by atoms with Crippen LogP contribution in [0.15, 0.2) is 12.2 Å². The van der Waals surface area contributed by atoms with Crippen LogP contribution in [0.2, 0.25) is 0 Å². The monoisotopic (exact) mass is 183 g/mol. The van der Waals surface area contributed by atoms with Crippen LogP contribution in [0, 0.1) is 5.41 Å². The average Bonchev–Trinajstić information content (AvgIpc) is 2.50. The Labute approximate surface area is 79.0 Å². The van der Waals surface area contributed by atoms with Crippen molar-refractivity contribution in [3.8, 4) is 0 Å². The summed E-state index contributed by atoms with van der Waals surface area (Å²) in [5.41, 5.74) is -0.0861. The minimum Gasteiger partial charge on any atom is -0.396 e. The lowest BCUT2D eigenvalue weighted by Crippen LogP contribution is -2.31. The summed E-state index contributed by atoms with van der Waals surface area (Å²) in [6, 6.07) is 0. The molecule has 1 heterocycles. The number of nitrogens with zero attached hydrogens (tertiary/aromatic N) is 1. The van der Waals surface area contributed by atoms with Crippen molar-refractivity contribution in [2.45, 2.75) is 20.3 Å². The van der Waals surface area contributed by atoms with Gasteiger partial charge in [-0.05, 0) is 19.4 Å². The highest BCUT2D eigenvalue weighted by Gasteiger charge is 2.34. The molecule has 1 amide bonds. The summed E-state index contributed by atoms with van der Waals surface area (Å²) in [6.45, 7) is 5.44. The number of rotatable bonds is 2. The summed E-state index contributed by atoms with van der Waals surface area (Å²) in [5.74, 6) is 0.0553. The second kappa shape index (κ2) is 3.92. The molecule has 0 spiro atoms. The van der Waals surface area contributed by atoms with Crippen LogP contribution < -0.4 is 0 Å². The second-order valence-corrected chi connectivity index (χ2v) is 3.98. The van der Waals surface area contributed by atoms with Crippen LogP contribution in [0.3, 0.4) is 0 Å². The van der Waals surface area contributed by atoms with Crippen molar-refractivity contribution in [1.82, 2.24) is 4.90 Å². The molecule has 3 nitrogen and oxygen atoms in total. The zero-order chi connectivity index (χ0) is 9.90. The lowest BCUT2D eigenvalue weighted by molar-refractivity contribution is -0.125. The molecule has 13 heavy (non-hydrogen) atoms. The fraction of sp³-hybridized carbons (Fsp3) is 0.700. The number of aliphatic hydroxyl groups excluding tert-OH is 1. The predicted molar refractivity (Wildman–Crippen MR) is 51.2 cm³/mol. The summed E-state index contributed by atoms with van der Waals surface area (Å²) >= 11 is 0. The highest BCUT2D eigenvalue weighted by molar-refractivity contribution is 5.87. The molecule has 0 aromatic heterocycles. The first-order valence-corrected chi connectivity index (χ1v) is 4.64. The third-order valence-electron chi connectivity index (χ3n) is 2.56. The maximum Gasteiger partial charge on any atom is 0.246 e. The van der Waals surface area contributed by atoms with Crippen molar-refractivity contribution in [3.05, 3.63) is 12.2 Å². The van der Waals surface area contributed by atoms with Gasteiger partial charge in [-0.3, -0.25) is 4.79 Å². The van der Waals surface area contributed by atoms with E-state index in [0.29, 0.717) is 6.54 Å². The molecular formula is C10H17NO2. The van der Waals surface area contributed by atoms with E-state index in [-0.39, 0.29) is 17.9 Å². The Morgan fingerprint density at radius 2 is 2.38 bits per heavy atom.